The summed E-state index contributed by atoms with van der Waals surface area (Å²) < 4.78 is 79.4. The predicted octanol–water partition coefficient (Wildman–Crippen LogP) is 10.2. The van der Waals surface area contributed by atoms with E-state index in [0.29, 0.717) is 211 Å². The molecule has 5 atom stereocenters. The number of carbonyl (C=O) groups is 8. The third-order valence-corrected chi connectivity index (χ3v) is 20.9. The molecule has 3 aliphatic carbocycles. The number of fused-ring (bicyclic) bond motifs is 5. The summed E-state index contributed by atoms with van der Waals surface area (Å²) in [4.78, 5) is 117. The van der Waals surface area contributed by atoms with Crippen molar-refractivity contribution < 1.29 is 105 Å². The number of nitrogens with one attached hydrogen (secondary N) is 4. The number of hydrogen-bond donors (Lipinski definition) is 4. The van der Waals surface area contributed by atoms with Crippen molar-refractivity contribution in [1.29, 1.82) is 0 Å². The topological polar surface area (TPSA) is 342 Å². The Hall–Kier alpha value is -9.98. The fourth-order valence-electron chi connectivity index (χ4n) is 14.6. The molecule has 29 heteroatoms. The van der Waals surface area contributed by atoms with Crippen LogP contribution >= 0.6 is 0 Å². The lowest BCUT2D eigenvalue weighted by Gasteiger charge is -2.24. The molecule has 4 N–H and O–H groups in total. The van der Waals surface area contributed by atoms with E-state index in [4.69, 9.17) is 76.3 Å². The number of benzene rings is 4. The number of methoxy groups -OCH3 is 2. The summed E-state index contributed by atoms with van der Waals surface area (Å²) in [7, 11) is 3.03. The minimum absolute atomic E-state index is 0.0120. The van der Waals surface area contributed by atoms with E-state index in [9.17, 15) is 38.4 Å². The SMILES string of the molecule is COc1cc2c(cc1OCCCOc1cc3c(cc1OC)C(=O)N1C=C(c4ccc(NC(=O)[C@H](C)NC(=O)C(NC(=O)CCOCCOCCOCCOCCOCCOCCOCCOCCNC(=O)CC/C=C5\C(=O)CC(C6CCCCCC6)C5=O)C(C)C)cc4)C[C@H]1C=N3)N=C[C@@H]1CC(c3ccc4c(c3)OCO4)=CC=C1C2=O. The van der Waals surface area contributed by atoms with Crippen LogP contribution in [0.5, 0.6) is 34.5 Å². The summed E-state index contributed by atoms with van der Waals surface area (Å²) in [6.45, 7) is 11.9. The number of carbonyl (C=O) groups excluding carboxylic acids is 8. The van der Waals surface area contributed by atoms with E-state index in [-0.39, 0.29) is 105 Å². The number of hydrogen-bond acceptors (Lipinski definition) is 24. The van der Waals surface area contributed by atoms with E-state index in [1.165, 1.54) is 27.1 Å². The van der Waals surface area contributed by atoms with E-state index in [0.717, 1.165) is 48.0 Å². The number of allylic oxidation sites excluding steroid dienone is 6. The number of aliphatic imine (C=N–C) groups is 2. The molecule has 4 heterocycles. The summed E-state index contributed by atoms with van der Waals surface area (Å²) in [5.74, 6) is 0.599. The summed E-state index contributed by atoms with van der Waals surface area (Å²) in [5, 5.41) is 11.2. The molecule has 5 amide bonds. The Morgan fingerprint density at radius 2 is 1.14 bits per heavy atom. The molecule has 29 nitrogen and oxygen atoms in total. The molecular formula is C87H109N7O22. The van der Waals surface area contributed by atoms with Crippen LogP contribution in [0.1, 0.15) is 136 Å². The Morgan fingerprint density at radius 3 is 1.76 bits per heavy atom. The number of Topliss-reactive ketones (excluding diaryl/α,β-unsaturated/α-hetero) is 3. The fourth-order valence-corrected chi connectivity index (χ4v) is 14.6. The Labute approximate surface area is 676 Å². The largest absolute Gasteiger partial charge is 0.493 e. The van der Waals surface area contributed by atoms with Gasteiger partial charge in [-0.1, -0.05) is 76.0 Å². The molecular weight excluding hydrogens is 1490 g/mol. The maximum absolute atomic E-state index is 14.2. The molecule has 2 fully saturated rings. The Balaban J connectivity index is 0.483. The van der Waals surface area contributed by atoms with E-state index in [1.54, 1.807) is 74.4 Å². The first-order valence-corrected chi connectivity index (χ1v) is 40.4. The molecule has 0 bridgehead atoms. The molecule has 116 heavy (non-hydrogen) atoms. The van der Waals surface area contributed by atoms with Crippen molar-refractivity contribution in [2.45, 2.75) is 122 Å². The average molecular weight is 1600 g/mol. The molecule has 2 saturated carbocycles. The predicted molar refractivity (Wildman–Crippen MR) is 432 cm³/mol. The number of anilines is 1. The molecule has 0 saturated heterocycles. The van der Waals surface area contributed by atoms with Crippen LogP contribution in [-0.4, -0.2) is 229 Å². The molecule has 0 radical (unpaired) electrons. The van der Waals surface area contributed by atoms with Crippen LogP contribution in [-0.2, 0) is 66.7 Å². The second-order valence-corrected chi connectivity index (χ2v) is 29.4. The average Bonchev–Trinajstić information content (AvgIpc) is 1.61. The van der Waals surface area contributed by atoms with E-state index in [2.05, 4.69) is 21.3 Å². The standard InChI is InChI=1S/C87H109N7O22/c1-56(2)82(93-81(97)24-28-105-30-32-107-34-36-109-38-40-111-42-43-112-41-39-110-37-35-108-33-31-106-29-25-88-80(96)15-10-14-67-73(95)47-68(84(67)99)59-12-8-6-7-9-13-59)86(101)91-57(3)85(100)92-64-20-16-58(17-21-64)63-45-65-53-90-72-51-79(76(104-5)49-70(72)87(102)94(65)54-63)114-27-11-26-113-78-50-71-69(48-75(78)103-4)83(98)66-22-18-60(44-62(66)52-89-71)61-19-23-74-77(46-61)116-55-115-74/h14,16-23,46,48-54,56-57,59,62,65,68,82H,6-13,15,24-45,47,55H2,1-5H3,(H,88,96)(H,91,101)(H,92,100)(H,93,97)/b67-14+/t57-,62-,65-,68?,82?/m0/s1. The molecule has 0 aromatic heterocycles. The molecule has 624 valence electrons. The molecule has 4 aromatic carbocycles. The van der Waals surface area contributed by atoms with Crippen LogP contribution in [0.4, 0.5) is 17.1 Å². The van der Waals surface area contributed by atoms with Crippen LogP contribution in [0.3, 0.4) is 0 Å². The zero-order valence-electron chi connectivity index (χ0n) is 67.0. The molecule has 4 aliphatic heterocycles. The lowest BCUT2D eigenvalue weighted by molar-refractivity contribution is -0.132. The number of ketones is 3. The van der Waals surface area contributed by atoms with Crippen LogP contribution in [0.25, 0.3) is 11.1 Å². The van der Waals surface area contributed by atoms with Gasteiger partial charge in [0.2, 0.25) is 30.4 Å². The summed E-state index contributed by atoms with van der Waals surface area (Å²) in [5.41, 5.74) is 6.88. The van der Waals surface area contributed by atoms with Crippen LogP contribution in [0.2, 0.25) is 0 Å². The Bertz CT molecular complexity index is 4260. The molecule has 7 aliphatic rings. The van der Waals surface area contributed by atoms with Crippen LogP contribution in [0, 0.1) is 23.7 Å². The minimum Gasteiger partial charge on any atom is -0.493 e. The quantitative estimate of drug-likeness (QED) is 0.0138. The van der Waals surface area contributed by atoms with E-state index in [1.807, 2.05) is 54.9 Å². The second kappa shape index (κ2) is 44.9. The number of ether oxygens (including phenoxy) is 14. The number of amides is 5. The van der Waals surface area contributed by atoms with Crippen molar-refractivity contribution in [3.63, 3.8) is 0 Å². The van der Waals surface area contributed by atoms with Gasteiger partial charge >= 0.3 is 0 Å². The smallest absolute Gasteiger partial charge is 0.260 e. The van der Waals surface area contributed by atoms with Gasteiger partial charge in [-0.05, 0) is 103 Å². The summed E-state index contributed by atoms with van der Waals surface area (Å²) in [6.07, 6.45) is 20.0. The summed E-state index contributed by atoms with van der Waals surface area (Å²) >= 11 is 0. The monoisotopic (exact) mass is 1600 g/mol. The molecule has 11 rings (SSSR count). The first-order valence-electron chi connectivity index (χ1n) is 40.4. The normalized spacial score (nSPS) is 18.4. The highest BCUT2D eigenvalue weighted by atomic mass is 16.7. The Morgan fingerprint density at radius 1 is 0.560 bits per heavy atom. The van der Waals surface area contributed by atoms with Crippen molar-refractivity contribution >= 4 is 87.5 Å². The fraction of sp³-hybridized carbons (Fsp3) is 0.517. The van der Waals surface area contributed by atoms with E-state index < -0.39 is 23.9 Å². The highest BCUT2D eigenvalue weighted by Crippen LogP contribution is 2.45. The summed E-state index contributed by atoms with van der Waals surface area (Å²) in [6, 6.07) is 17.5. The molecule has 0 spiro atoms. The molecule has 4 aromatic rings. The third-order valence-electron chi connectivity index (χ3n) is 20.9. The van der Waals surface area contributed by atoms with Crippen molar-refractivity contribution in [3.05, 3.63) is 125 Å². The van der Waals surface area contributed by atoms with Gasteiger partial charge in [-0.2, -0.15) is 0 Å². The minimum atomic E-state index is -0.945. The van der Waals surface area contributed by atoms with Gasteiger partial charge in [-0.3, -0.25) is 48.3 Å². The van der Waals surface area contributed by atoms with Crippen molar-refractivity contribution in [3.8, 4) is 34.5 Å². The number of nitrogens with zero attached hydrogens (tertiary/aromatic N) is 3. The molecule has 2 unspecified atom stereocenters. The van der Waals surface area contributed by atoms with Crippen molar-refractivity contribution in [1.82, 2.24) is 20.9 Å². The van der Waals surface area contributed by atoms with E-state index >= 15 is 0 Å². The van der Waals surface area contributed by atoms with Gasteiger partial charge in [0.15, 0.2) is 51.8 Å². The maximum atomic E-state index is 14.2. The van der Waals surface area contributed by atoms with Gasteiger partial charge in [0, 0.05) is 92.5 Å². The highest BCUT2D eigenvalue weighted by Gasteiger charge is 2.41. The van der Waals surface area contributed by atoms with Crippen molar-refractivity contribution in [2.75, 3.05) is 152 Å². The lowest BCUT2D eigenvalue weighted by Crippen LogP contribution is -2.53. The maximum Gasteiger partial charge on any atom is 0.260 e. The first-order chi connectivity index (χ1) is 56.5. The van der Waals surface area contributed by atoms with Gasteiger partial charge < -0.3 is 92.5 Å². The number of rotatable bonds is 47. The van der Waals surface area contributed by atoms with Crippen molar-refractivity contribution in [2.24, 2.45) is 33.7 Å². The van der Waals surface area contributed by atoms with Crippen LogP contribution < -0.4 is 49.7 Å². The third kappa shape index (κ3) is 24.8. The van der Waals surface area contributed by atoms with Gasteiger partial charge in [0.25, 0.3) is 5.91 Å². The second-order valence-electron chi connectivity index (χ2n) is 29.4. The van der Waals surface area contributed by atoms with Gasteiger partial charge in [-0.25, -0.2) is 0 Å². The van der Waals surface area contributed by atoms with Crippen LogP contribution in [0.15, 0.2) is 112 Å². The zero-order valence-corrected chi connectivity index (χ0v) is 67.0. The highest BCUT2D eigenvalue weighted by molar-refractivity contribution is 6.26. The first kappa shape index (κ1) is 86.9. The van der Waals surface area contributed by atoms with Gasteiger partial charge in [0.1, 0.15) is 12.1 Å². The van der Waals surface area contributed by atoms with Gasteiger partial charge in [-0.15, -0.1) is 0 Å². The zero-order chi connectivity index (χ0) is 81.6. The lowest BCUT2D eigenvalue weighted by atomic mass is 9.82. The Kier molecular flexibility index (Phi) is 33.7. The van der Waals surface area contributed by atoms with Gasteiger partial charge in [0.05, 0.1) is 167 Å².